The summed E-state index contributed by atoms with van der Waals surface area (Å²) in [6, 6.07) is 8.23. The van der Waals surface area contributed by atoms with E-state index < -0.39 is 0 Å². The number of hydrogen-bond acceptors (Lipinski definition) is 5. The van der Waals surface area contributed by atoms with Gasteiger partial charge in [-0.1, -0.05) is 32.6 Å². The molecule has 1 heterocycles. The first-order chi connectivity index (χ1) is 7.79. The zero-order chi connectivity index (χ0) is 11.4. The summed E-state index contributed by atoms with van der Waals surface area (Å²) in [6.45, 7) is 0. The summed E-state index contributed by atoms with van der Waals surface area (Å²) in [4.78, 5) is 1.04. The summed E-state index contributed by atoms with van der Waals surface area (Å²) in [5.74, 6) is 5.54. The Balaban J connectivity index is 2.13. The second-order valence-electron chi connectivity index (χ2n) is 3.37. The summed E-state index contributed by atoms with van der Waals surface area (Å²) < 4.78 is 4.91. The number of nitrogens with zero attached hydrogens (tertiary/aromatic N) is 2. The van der Waals surface area contributed by atoms with Crippen molar-refractivity contribution in [2.24, 2.45) is 5.84 Å². The molecule has 4 nitrogen and oxygen atoms in total. The fourth-order valence-electron chi connectivity index (χ4n) is 1.47. The van der Waals surface area contributed by atoms with Crippen LogP contribution in [-0.4, -0.2) is 9.59 Å². The molecule has 0 aliphatic rings. The molecule has 16 heavy (non-hydrogen) atoms. The second-order valence-corrected chi connectivity index (χ2v) is 5.11. The third-order valence-electron chi connectivity index (χ3n) is 2.25. The highest BCUT2D eigenvalue weighted by Crippen LogP contribution is 2.21. The fourth-order valence-corrected chi connectivity index (χ4v) is 2.48. The van der Waals surface area contributed by atoms with Gasteiger partial charge in [0.25, 0.3) is 0 Å². The molecule has 84 valence electrons. The van der Waals surface area contributed by atoms with E-state index in [1.807, 2.05) is 12.1 Å². The molecule has 0 aliphatic carbocycles. The maximum Gasteiger partial charge on any atom is 0.0670 e. The molecule has 0 saturated carbocycles. The van der Waals surface area contributed by atoms with Crippen LogP contribution >= 0.6 is 27.5 Å². The predicted octanol–water partition coefficient (Wildman–Crippen LogP) is 2.05. The van der Waals surface area contributed by atoms with Crippen LogP contribution in [0.3, 0.4) is 0 Å². The van der Waals surface area contributed by atoms with Gasteiger partial charge in [0, 0.05) is 4.47 Å². The van der Waals surface area contributed by atoms with Crippen LogP contribution in [0.25, 0.3) is 0 Å². The van der Waals surface area contributed by atoms with Crippen molar-refractivity contribution in [1.82, 2.24) is 15.0 Å². The van der Waals surface area contributed by atoms with E-state index in [-0.39, 0.29) is 6.04 Å². The van der Waals surface area contributed by atoms with Gasteiger partial charge < -0.3 is 0 Å². The Morgan fingerprint density at radius 3 is 3.00 bits per heavy atom. The highest BCUT2D eigenvalue weighted by atomic mass is 79.9. The molecule has 0 bridgehead atoms. The standard InChI is InChI=1S/C10H11BrN4S/c11-8-3-1-2-7(4-8)5-9(14-12)10-6-13-15-16-10/h1-4,6,9,14H,5,12H2. The molecular formula is C10H11BrN4S. The second kappa shape index (κ2) is 5.49. The average Bonchev–Trinajstić information content (AvgIpc) is 2.79. The van der Waals surface area contributed by atoms with Gasteiger partial charge in [0.05, 0.1) is 17.1 Å². The quantitative estimate of drug-likeness (QED) is 0.670. The topological polar surface area (TPSA) is 63.8 Å². The Hall–Kier alpha value is -0.820. The van der Waals surface area contributed by atoms with Crippen LogP contribution in [-0.2, 0) is 6.42 Å². The minimum absolute atomic E-state index is 0.0642. The minimum atomic E-state index is 0.0642. The maximum absolute atomic E-state index is 5.54. The van der Waals surface area contributed by atoms with Gasteiger partial charge in [0.15, 0.2) is 0 Å². The number of hydrogen-bond donors (Lipinski definition) is 2. The van der Waals surface area contributed by atoms with Gasteiger partial charge in [-0.05, 0) is 35.6 Å². The normalized spacial score (nSPS) is 12.6. The SMILES string of the molecule is NNC(Cc1cccc(Br)c1)c1cnns1. The Morgan fingerprint density at radius 2 is 2.38 bits per heavy atom. The third kappa shape index (κ3) is 2.85. The Bertz CT molecular complexity index is 446. The van der Waals surface area contributed by atoms with Gasteiger partial charge in [-0.3, -0.25) is 11.3 Å². The van der Waals surface area contributed by atoms with E-state index >= 15 is 0 Å². The molecule has 0 spiro atoms. The number of benzene rings is 1. The van der Waals surface area contributed by atoms with Crippen LogP contribution in [0.5, 0.6) is 0 Å². The Morgan fingerprint density at radius 1 is 1.50 bits per heavy atom. The maximum atomic E-state index is 5.54. The van der Waals surface area contributed by atoms with Crippen LogP contribution < -0.4 is 11.3 Å². The third-order valence-corrected chi connectivity index (χ3v) is 3.52. The smallest absolute Gasteiger partial charge is 0.0670 e. The largest absolute Gasteiger partial charge is 0.271 e. The molecule has 0 saturated heterocycles. The summed E-state index contributed by atoms with van der Waals surface area (Å²) in [7, 11) is 0. The highest BCUT2D eigenvalue weighted by Gasteiger charge is 2.12. The predicted molar refractivity (Wildman–Crippen MR) is 67.8 cm³/mol. The van der Waals surface area contributed by atoms with Gasteiger partial charge in [0.2, 0.25) is 0 Å². The summed E-state index contributed by atoms with van der Waals surface area (Å²) in [6.07, 6.45) is 2.56. The number of nitrogens with two attached hydrogens (primary N) is 1. The summed E-state index contributed by atoms with van der Waals surface area (Å²) in [5, 5.41) is 3.81. The summed E-state index contributed by atoms with van der Waals surface area (Å²) >= 11 is 4.81. The van der Waals surface area contributed by atoms with E-state index in [0.717, 1.165) is 15.8 Å². The molecule has 0 aliphatic heterocycles. The van der Waals surface area contributed by atoms with Gasteiger partial charge in [-0.15, -0.1) is 5.10 Å². The van der Waals surface area contributed by atoms with Crippen LogP contribution in [0.15, 0.2) is 34.9 Å². The fraction of sp³-hybridized carbons (Fsp3) is 0.200. The number of hydrazine groups is 1. The lowest BCUT2D eigenvalue weighted by molar-refractivity contribution is 0.559. The molecule has 1 atom stereocenters. The van der Waals surface area contributed by atoms with Crippen LogP contribution in [0.2, 0.25) is 0 Å². The zero-order valence-corrected chi connectivity index (χ0v) is 10.8. The monoisotopic (exact) mass is 298 g/mol. The molecule has 0 radical (unpaired) electrons. The molecule has 3 N–H and O–H groups in total. The van der Waals surface area contributed by atoms with E-state index in [9.17, 15) is 0 Å². The zero-order valence-electron chi connectivity index (χ0n) is 8.43. The van der Waals surface area contributed by atoms with E-state index in [1.54, 1.807) is 6.20 Å². The molecule has 0 amide bonds. The molecule has 2 aromatic rings. The number of rotatable bonds is 4. The molecule has 6 heteroatoms. The lowest BCUT2D eigenvalue weighted by Crippen LogP contribution is -2.28. The first-order valence-corrected chi connectivity index (χ1v) is 6.34. The van der Waals surface area contributed by atoms with E-state index in [1.165, 1.54) is 17.1 Å². The average molecular weight is 299 g/mol. The molecule has 2 rings (SSSR count). The van der Waals surface area contributed by atoms with Crippen molar-refractivity contribution in [2.75, 3.05) is 0 Å². The van der Waals surface area contributed by atoms with Crippen molar-refractivity contribution in [1.29, 1.82) is 0 Å². The van der Waals surface area contributed by atoms with Crippen molar-refractivity contribution >= 4 is 27.5 Å². The van der Waals surface area contributed by atoms with Crippen LogP contribution in [0, 0.1) is 0 Å². The molecule has 1 unspecified atom stereocenters. The number of nitrogens with one attached hydrogen (secondary N) is 1. The van der Waals surface area contributed by atoms with Crippen molar-refractivity contribution in [2.45, 2.75) is 12.5 Å². The molecule has 0 fully saturated rings. The number of halogens is 1. The van der Waals surface area contributed by atoms with Crippen LogP contribution in [0.4, 0.5) is 0 Å². The van der Waals surface area contributed by atoms with Gasteiger partial charge >= 0.3 is 0 Å². The van der Waals surface area contributed by atoms with Crippen molar-refractivity contribution in [3.8, 4) is 0 Å². The van der Waals surface area contributed by atoms with Crippen molar-refractivity contribution in [3.63, 3.8) is 0 Å². The Kier molecular flexibility index (Phi) is 4.00. The Labute approximate surface area is 106 Å². The lowest BCUT2D eigenvalue weighted by Gasteiger charge is -2.13. The number of aromatic nitrogens is 2. The molecule has 1 aromatic carbocycles. The first-order valence-electron chi connectivity index (χ1n) is 4.77. The first kappa shape index (κ1) is 11.7. The summed E-state index contributed by atoms with van der Waals surface area (Å²) in [5.41, 5.74) is 4.00. The van der Waals surface area contributed by atoms with Gasteiger partial charge in [0.1, 0.15) is 0 Å². The lowest BCUT2D eigenvalue weighted by atomic mass is 10.1. The van der Waals surface area contributed by atoms with Crippen molar-refractivity contribution < 1.29 is 0 Å². The van der Waals surface area contributed by atoms with E-state index in [2.05, 4.69) is 43.1 Å². The minimum Gasteiger partial charge on any atom is -0.271 e. The van der Waals surface area contributed by atoms with Crippen LogP contribution in [0.1, 0.15) is 16.5 Å². The highest BCUT2D eigenvalue weighted by molar-refractivity contribution is 9.10. The molecular weight excluding hydrogens is 288 g/mol. The van der Waals surface area contributed by atoms with E-state index in [0.29, 0.717) is 0 Å². The molecule has 1 aromatic heterocycles. The van der Waals surface area contributed by atoms with Gasteiger partial charge in [-0.25, -0.2) is 0 Å². The van der Waals surface area contributed by atoms with E-state index in [4.69, 9.17) is 5.84 Å². The van der Waals surface area contributed by atoms with Crippen molar-refractivity contribution in [3.05, 3.63) is 45.4 Å². The van der Waals surface area contributed by atoms with Gasteiger partial charge in [-0.2, -0.15) is 0 Å².